The van der Waals surface area contributed by atoms with Gasteiger partial charge in [-0.25, -0.2) is 0 Å². The average Bonchev–Trinajstić information content (AvgIpc) is 2.48. The van der Waals surface area contributed by atoms with Crippen LogP contribution >= 0.6 is 0 Å². The second-order valence-electron chi connectivity index (χ2n) is 4.58. The molecule has 0 radical (unpaired) electrons. The first-order chi connectivity index (χ1) is 9.16. The predicted octanol–water partition coefficient (Wildman–Crippen LogP) is 3.72. The van der Waals surface area contributed by atoms with E-state index in [1.807, 2.05) is 67.6 Å². The molecule has 0 saturated carbocycles. The molecule has 0 amide bonds. The molecular formula is C17H17NO. The maximum absolute atomic E-state index is 12.5. The molecule has 2 rings (SSSR count). The highest BCUT2D eigenvalue weighted by Crippen LogP contribution is 2.25. The highest BCUT2D eigenvalue weighted by Gasteiger charge is 2.31. The van der Waals surface area contributed by atoms with Gasteiger partial charge in [-0.05, 0) is 18.2 Å². The Hall–Kier alpha value is -2.35. The second kappa shape index (κ2) is 5.53. The number of hydrogen-bond donors (Lipinski definition) is 0. The first-order valence-corrected chi connectivity index (χ1v) is 6.22. The molecule has 0 aromatic heterocycles. The van der Waals surface area contributed by atoms with Crippen LogP contribution in [0.1, 0.15) is 18.1 Å². The molecule has 0 aliphatic carbocycles. The largest absolute Gasteiger partial charge is 0.623 e. The molecule has 96 valence electrons. The lowest BCUT2D eigenvalue weighted by Crippen LogP contribution is -2.31. The summed E-state index contributed by atoms with van der Waals surface area (Å²) in [6.07, 6.45) is 3.27. The molecule has 2 heteroatoms. The summed E-state index contributed by atoms with van der Waals surface area (Å²) >= 11 is 0. The second-order valence-corrected chi connectivity index (χ2v) is 4.58. The standard InChI is InChI=1S/C17H17NO/c1-3-17(2,16-12-8-5-9-13-16)18(19)14-15-10-6-4-7-11-15/h3-14H,1H2,2H3/b18-14-/t17-/m0/s1. The highest BCUT2D eigenvalue weighted by molar-refractivity contribution is 5.75. The van der Waals surface area contributed by atoms with Crippen molar-refractivity contribution in [2.24, 2.45) is 0 Å². The molecule has 2 aromatic rings. The van der Waals surface area contributed by atoms with Crippen LogP contribution < -0.4 is 0 Å². The molecule has 0 saturated heterocycles. The van der Waals surface area contributed by atoms with E-state index in [4.69, 9.17) is 0 Å². The van der Waals surface area contributed by atoms with Crippen molar-refractivity contribution in [1.82, 2.24) is 0 Å². The van der Waals surface area contributed by atoms with Crippen LogP contribution in [0.3, 0.4) is 0 Å². The van der Waals surface area contributed by atoms with Crippen LogP contribution in [0.4, 0.5) is 0 Å². The summed E-state index contributed by atoms with van der Waals surface area (Å²) in [4.78, 5) is 0. The quantitative estimate of drug-likeness (QED) is 0.267. The Morgan fingerprint density at radius 2 is 1.53 bits per heavy atom. The van der Waals surface area contributed by atoms with Gasteiger partial charge in [-0.1, -0.05) is 55.1 Å². The first-order valence-electron chi connectivity index (χ1n) is 6.22. The highest BCUT2D eigenvalue weighted by atomic mass is 16.5. The predicted molar refractivity (Wildman–Crippen MR) is 79.2 cm³/mol. The van der Waals surface area contributed by atoms with E-state index in [1.165, 1.54) is 0 Å². The van der Waals surface area contributed by atoms with E-state index in [0.717, 1.165) is 15.9 Å². The zero-order valence-electron chi connectivity index (χ0n) is 11.0. The van der Waals surface area contributed by atoms with Crippen LogP contribution in [-0.2, 0) is 5.54 Å². The lowest BCUT2D eigenvalue weighted by molar-refractivity contribution is -0.534. The van der Waals surface area contributed by atoms with E-state index in [1.54, 1.807) is 12.3 Å². The van der Waals surface area contributed by atoms with Crippen molar-refractivity contribution in [2.45, 2.75) is 12.5 Å². The summed E-state index contributed by atoms with van der Waals surface area (Å²) in [6, 6.07) is 19.2. The molecule has 0 aliphatic heterocycles. The molecule has 0 aliphatic rings. The lowest BCUT2D eigenvalue weighted by atomic mass is 9.92. The molecule has 2 aromatic carbocycles. The number of hydroxylamine groups is 1. The zero-order valence-corrected chi connectivity index (χ0v) is 11.0. The molecular weight excluding hydrogens is 234 g/mol. The fourth-order valence-corrected chi connectivity index (χ4v) is 1.92. The van der Waals surface area contributed by atoms with Crippen LogP contribution in [-0.4, -0.2) is 11.0 Å². The van der Waals surface area contributed by atoms with Crippen molar-refractivity contribution < 1.29 is 4.74 Å². The third-order valence-corrected chi connectivity index (χ3v) is 3.28. The number of hydrogen-bond acceptors (Lipinski definition) is 1. The topological polar surface area (TPSA) is 26.1 Å². The minimum atomic E-state index is -0.767. The number of benzene rings is 2. The number of nitrogens with zero attached hydrogens (tertiary/aromatic N) is 1. The molecule has 19 heavy (non-hydrogen) atoms. The Morgan fingerprint density at radius 1 is 1.00 bits per heavy atom. The van der Waals surface area contributed by atoms with E-state index >= 15 is 0 Å². The summed E-state index contributed by atoms with van der Waals surface area (Å²) in [5.74, 6) is 0. The Labute approximate surface area is 113 Å². The average molecular weight is 251 g/mol. The van der Waals surface area contributed by atoms with E-state index in [2.05, 4.69) is 6.58 Å². The van der Waals surface area contributed by atoms with Gasteiger partial charge in [0, 0.05) is 18.1 Å². The smallest absolute Gasteiger partial charge is 0.213 e. The fourth-order valence-electron chi connectivity index (χ4n) is 1.92. The summed E-state index contributed by atoms with van der Waals surface area (Å²) in [5, 5.41) is 12.5. The van der Waals surface area contributed by atoms with Gasteiger partial charge in [0.25, 0.3) is 0 Å². The van der Waals surface area contributed by atoms with Crippen LogP contribution in [0.25, 0.3) is 0 Å². The van der Waals surface area contributed by atoms with Gasteiger partial charge in [0.1, 0.15) is 0 Å². The van der Waals surface area contributed by atoms with Crippen molar-refractivity contribution in [3.8, 4) is 0 Å². The monoisotopic (exact) mass is 251 g/mol. The normalized spacial score (nSPS) is 14.7. The Balaban J connectivity index is 2.42. The van der Waals surface area contributed by atoms with Crippen LogP contribution in [0.15, 0.2) is 73.3 Å². The SMILES string of the molecule is C=C[C@@](C)(c1ccccc1)/[N+]([O-])=C/c1ccccc1. The molecule has 2 nitrogen and oxygen atoms in total. The Kier molecular flexibility index (Phi) is 3.81. The van der Waals surface area contributed by atoms with Gasteiger partial charge in [0.2, 0.25) is 5.54 Å². The fraction of sp³-hybridized carbons (Fsp3) is 0.118. The van der Waals surface area contributed by atoms with Crippen LogP contribution in [0.2, 0.25) is 0 Å². The van der Waals surface area contributed by atoms with Crippen molar-refractivity contribution >= 4 is 6.21 Å². The molecule has 0 spiro atoms. The summed E-state index contributed by atoms with van der Waals surface area (Å²) in [7, 11) is 0. The zero-order chi connectivity index (χ0) is 13.7. The van der Waals surface area contributed by atoms with Gasteiger partial charge in [-0.15, -0.1) is 0 Å². The molecule has 0 unspecified atom stereocenters. The van der Waals surface area contributed by atoms with Gasteiger partial charge >= 0.3 is 0 Å². The van der Waals surface area contributed by atoms with Gasteiger partial charge in [-0.2, -0.15) is 4.74 Å². The minimum Gasteiger partial charge on any atom is -0.623 e. The Morgan fingerprint density at radius 3 is 2.05 bits per heavy atom. The van der Waals surface area contributed by atoms with E-state index in [9.17, 15) is 5.21 Å². The number of rotatable bonds is 4. The van der Waals surface area contributed by atoms with E-state index < -0.39 is 5.54 Å². The van der Waals surface area contributed by atoms with Gasteiger partial charge in [0.15, 0.2) is 6.21 Å². The van der Waals surface area contributed by atoms with Gasteiger partial charge < -0.3 is 5.21 Å². The van der Waals surface area contributed by atoms with Crippen LogP contribution in [0, 0.1) is 5.21 Å². The molecule has 0 N–H and O–H groups in total. The molecule has 0 bridgehead atoms. The van der Waals surface area contributed by atoms with Crippen molar-refractivity contribution in [3.05, 3.63) is 89.7 Å². The summed E-state index contributed by atoms with van der Waals surface area (Å²) < 4.78 is 0.949. The third-order valence-electron chi connectivity index (χ3n) is 3.28. The first kappa shape index (κ1) is 13.1. The van der Waals surface area contributed by atoms with Gasteiger partial charge in [0.05, 0.1) is 0 Å². The minimum absolute atomic E-state index is 0.767. The van der Waals surface area contributed by atoms with Gasteiger partial charge in [-0.3, -0.25) is 0 Å². The van der Waals surface area contributed by atoms with E-state index in [0.29, 0.717) is 0 Å². The van der Waals surface area contributed by atoms with Crippen molar-refractivity contribution in [3.63, 3.8) is 0 Å². The Bertz CT molecular complexity index is 575. The molecule has 0 fully saturated rings. The maximum Gasteiger partial charge on any atom is 0.213 e. The van der Waals surface area contributed by atoms with Crippen molar-refractivity contribution in [1.29, 1.82) is 0 Å². The summed E-state index contributed by atoms with van der Waals surface area (Å²) in [5.41, 5.74) is 1.03. The van der Waals surface area contributed by atoms with Crippen LogP contribution in [0.5, 0.6) is 0 Å². The third kappa shape index (κ3) is 2.74. The molecule has 1 atom stereocenters. The maximum atomic E-state index is 12.5. The summed E-state index contributed by atoms with van der Waals surface area (Å²) in [6.45, 7) is 5.67. The lowest BCUT2D eigenvalue weighted by Gasteiger charge is -2.25. The van der Waals surface area contributed by atoms with Crippen molar-refractivity contribution in [2.75, 3.05) is 0 Å². The molecule has 0 heterocycles. The van der Waals surface area contributed by atoms with E-state index in [-0.39, 0.29) is 0 Å².